The van der Waals surface area contributed by atoms with Crippen LogP contribution in [0.2, 0.25) is 0 Å². The van der Waals surface area contributed by atoms with E-state index in [9.17, 15) is 0 Å². The second-order valence-corrected chi connectivity index (χ2v) is 4.58. The van der Waals surface area contributed by atoms with Crippen LogP contribution in [0.4, 0.5) is 0 Å². The Morgan fingerprint density at radius 2 is 0.800 bits per heavy atom. The van der Waals surface area contributed by atoms with Crippen molar-refractivity contribution in [1.82, 2.24) is 0 Å². The first kappa shape index (κ1) is 15.5. The zero-order valence-electron chi connectivity index (χ0n) is 9.83. The van der Waals surface area contributed by atoms with Gasteiger partial charge >= 0.3 is 0 Å². The fraction of sp³-hybridized carbons (Fsp3) is 1.00. The third kappa shape index (κ3) is 8.36. The van der Waals surface area contributed by atoms with E-state index in [0.717, 1.165) is 25.7 Å². The number of aliphatic hydroxyl groups is 2. The Kier molecular flexibility index (Phi) is 10.1. The van der Waals surface area contributed by atoms with Gasteiger partial charge in [-0.05, 0) is 25.7 Å². The maximum atomic E-state index is 8.91. The first-order valence-corrected chi connectivity index (χ1v) is 6.15. The van der Waals surface area contributed by atoms with E-state index in [1.165, 1.54) is 38.5 Å². The summed E-state index contributed by atoms with van der Waals surface area (Å²) in [5, 5.41) is 17.8. The van der Waals surface area contributed by atoms with Crippen LogP contribution in [-0.4, -0.2) is 22.4 Å². The summed E-state index contributed by atoms with van der Waals surface area (Å²) in [6.45, 7) is 0. The van der Waals surface area contributed by atoms with E-state index in [1.54, 1.807) is 0 Å². The van der Waals surface area contributed by atoms with Crippen LogP contribution in [0.1, 0.15) is 64.2 Å². The Morgan fingerprint density at radius 1 is 0.533 bits per heavy atom. The molecule has 2 rings (SSSR count). The molecular weight excluding hydrogens is 242 g/mol. The van der Waals surface area contributed by atoms with Gasteiger partial charge in [0.05, 0.1) is 12.2 Å². The molecule has 0 atom stereocenters. The summed E-state index contributed by atoms with van der Waals surface area (Å²) in [5.41, 5.74) is 0. The van der Waals surface area contributed by atoms with Crippen LogP contribution in [0.3, 0.4) is 0 Å². The van der Waals surface area contributed by atoms with Gasteiger partial charge in [0.15, 0.2) is 0 Å². The van der Waals surface area contributed by atoms with Crippen molar-refractivity contribution in [2.45, 2.75) is 76.4 Å². The number of aliphatic hydroxyl groups excluding tert-OH is 2. The summed E-state index contributed by atoms with van der Waals surface area (Å²) in [6.07, 6.45) is 11.8. The predicted octanol–water partition coefficient (Wildman–Crippen LogP) is 2.62. The summed E-state index contributed by atoms with van der Waals surface area (Å²) in [6, 6.07) is 0. The van der Waals surface area contributed by atoms with Gasteiger partial charge in [0.2, 0.25) is 0 Å². The van der Waals surface area contributed by atoms with Crippen LogP contribution in [0.15, 0.2) is 0 Å². The maximum Gasteiger partial charge on any atom is 0.0540 e. The number of hydrogen-bond donors (Lipinski definition) is 2. The minimum atomic E-state index is 0. The maximum absolute atomic E-state index is 8.91. The average molecular weight is 266 g/mol. The van der Waals surface area contributed by atoms with Crippen molar-refractivity contribution in [3.8, 4) is 0 Å². The van der Waals surface area contributed by atoms with Crippen molar-refractivity contribution in [3.63, 3.8) is 0 Å². The third-order valence-electron chi connectivity index (χ3n) is 3.15. The minimum absolute atomic E-state index is 0. The van der Waals surface area contributed by atoms with Crippen LogP contribution >= 0.6 is 0 Å². The predicted molar refractivity (Wildman–Crippen MR) is 58.2 cm³/mol. The van der Waals surface area contributed by atoms with E-state index in [-0.39, 0.29) is 31.7 Å². The van der Waals surface area contributed by atoms with Crippen molar-refractivity contribution >= 4 is 0 Å². The van der Waals surface area contributed by atoms with Crippen molar-refractivity contribution in [1.29, 1.82) is 0 Å². The normalized spacial score (nSPS) is 23.6. The van der Waals surface area contributed by atoms with Crippen molar-refractivity contribution in [2.24, 2.45) is 0 Å². The summed E-state index contributed by atoms with van der Waals surface area (Å²) < 4.78 is 0. The first-order chi connectivity index (χ1) is 6.79. The van der Waals surface area contributed by atoms with E-state index in [0.29, 0.717) is 0 Å². The van der Waals surface area contributed by atoms with Crippen LogP contribution < -0.4 is 0 Å². The molecule has 2 aliphatic carbocycles. The summed E-state index contributed by atoms with van der Waals surface area (Å²) in [5.74, 6) is 0. The molecule has 0 aromatic carbocycles. The Morgan fingerprint density at radius 3 is 0.933 bits per heavy atom. The fourth-order valence-corrected chi connectivity index (χ4v) is 2.16. The molecule has 0 unspecified atom stereocenters. The average Bonchev–Trinajstić information content (AvgIpc) is 2.21. The van der Waals surface area contributed by atoms with Gasteiger partial charge in [-0.3, -0.25) is 0 Å². The summed E-state index contributed by atoms with van der Waals surface area (Å²) >= 11 is 0. The Labute approximate surface area is 106 Å². The zero-order valence-corrected chi connectivity index (χ0v) is 12.8. The molecule has 0 spiro atoms. The number of rotatable bonds is 0. The molecular formula is C12H24O2Zn. The van der Waals surface area contributed by atoms with Gasteiger partial charge in [0.1, 0.15) is 0 Å². The molecule has 0 aliphatic heterocycles. The molecule has 2 saturated carbocycles. The van der Waals surface area contributed by atoms with E-state index in [4.69, 9.17) is 10.2 Å². The van der Waals surface area contributed by atoms with E-state index < -0.39 is 0 Å². The van der Waals surface area contributed by atoms with Gasteiger partial charge in [0.25, 0.3) is 0 Å². The minimum Gasteiger partial charge on any atom is -0.393 e. The van der Waals surface area contributed by atoms with Crippen LogP contribution in [-0.2, 0) is 19.5 Å². The molecule has 2 N–H and O–H groups in total. The van der Waals surface area contributed by atoms with Crippen LogP contribution in [0.5, 0.6) is 0 Å². The Balaban J connectivity index is 0.000000245. The monoisotopic (exact) mass is 264 g/mol. The van der Waals surface area contributed by atoms with Gasteiger partial charge in [0, 0.05) is 19.5 Å². The Bertz CT molecular complexity index is 114. The molecule has 3 heteroatoms. The second kappa shape index (κ2) is 9.75. The molecule has 2 nitrogen and oxygen atoms in total. The van der Waals surface area contributed by atoms with Crippen molar-refractivity contribution in [2.75, 3.05) is 0 Å². The largest absolute Gasteiger partial charge is 0.393 e. The quantitative estimate of drug-likeness (QED) is 0.661. The van der Waals surface area contributed by atoms with Crippen molar-refractivity contribution in [3.05, 3.63) is 0 Å². The smallest absolute Gasteiger partial charge is 0.0540 e. The molecule has 2 fully saturated rings. The molecule has 0 aromatic rings. The molecule has 0 aromatic heterocycles. The summed E-state index contributed by atoms with van der Waals surface area (Å²) in [7, 11) is 0. The third-order valence-corrected chi connectivity index (χ3v) is 3.15. The van der Waals surface area contributed by atoms with E-state index >= 15 is 0 Å². The first-order valence-electron chi connectivity index (χ1n) is 6.15. The molecule has 0 bridgehead atoms. The van der Waals surface area contributed by atoms with Gasteiger partial charge in [-0.2, -0.15) is 0 Å². The standard InChI is InChI=1S/2C6H12O.Zn/c2*7-6-4-2-1-3-5-6;/h2*6-7H,1-5H2;. The molecule has 0 heterocycles. The van der Waals surface area contributed by atoms with Gasteiger partial charge in [-0.1, -0.05) is 38.5 Å². The van der Waals surface area contributed by atoms with Crippen LogP contribution in [0, 0.1) is 0 Å². The molecule has 15 heavy (non-hydrogen) atoms. The molecule has 0 saturated heterocycles. The van der Waals surface area contributed by atoms with Crippen LogP contribution in [0.25, 0.3) is 0 Å². The van der Waals surface area contributed by atoms with Gasteiger partial charge in [-0.15, -0.1) is 0 Å². The molecule has 0 amide bonds. The Hall–Kier alpha value is 0.543. The van der Waals surface area contributed by atoms with Gasteiger partial charge in [-0.25, -0.2) is 0 Å². The van der Waals surface area contributed by atoms with Gasteiger partial charge < -0.3 is 10.2 Å². The van der Waals surface area contributed by atoms with Crippen molar-refractivity contribution < 1.29 is 29.7 Å². The molecule has 86 valence electrons. The summed E-state index contributed by atoms with van der Waals surface area (Å²) in [4.78, 5) is 0. The zero-order chi connectivity index (χ0) is 10.2. The molecule has 2 aliphatic rings. The molecule has 0 radical (unpaired) electrons. The topological polar surface area (TPSA) is 40.5 Å². The second-order valence-electron chi connectivity index (χ2n) is 4.58. The number of hydrogen-bond acceptors (Lipinski definition) is 2. The SMILES string of the molecule is OC1CCCCC1.OC1CCCCC1.[Zn]. The van der Waals surface area contributed by atoms with E-state index in [2.05, 4.69) is 0 Å². The van der Waals surface area contributed by atoms with E-state index in [1.807, 2.05) is 0 Å². The fourth-order valence-electron chi connectivity index (χ4n) is 2.16.